The number of nitrogens with zero attached hydrogens (tertiary/aromatic N) is 1. The molecule has 0 saturated heterocycles. The summed E-state index contributed by atoms with van der Waals surface area (Å²) in [5.41, 5.74) is 0.832. The number of benzene rings is 1. The molecule has 0 unspecified atom stereocenters. The fraction of sp³-hybridized carbons (Fsp3) is 0.0769. The molecule has 0 spiro atoms. The van der Waals surface area contributed by atoms with E-state index in [9.17, 15) is 4.79 Å². The first-order valence-corrected chi connectivity index (χ1v) is 7.35. The Morgan fingerprint density at radius 1 is 1.40 bits per heavy atom. The minimum atomic E-state index is -0.207. The lowest BCUT2D eigenvalue weighted by molar-refractivity contribution is 0.0954. The molecule has 0 atom stereocenters. The molecule has 0 saturated carbocycles. The van der Waals surface area contributed by atoms with Crippen LogP contribution in [0.5, 0.6) is 0 Å². The lowest BCUT2D eigenvalue weighted by Crippen LogP contribution is -2.22. The Hall–Kier alpha value is -1.56. The van der Waals surface area contributed by atoms with Gasteiger partial charge in [-0.1, -0.05) is 29.3 Å². The number of hydrogen-bond acceptors (Lipinski definition) is 3. The molecule has 0 aliphatic heterocycles. The van der Waals surface area contributed by atoms with Gasteiger partial charge in [0.1, 0.15) is 4.88 Å². The second-order valence-corrected chi connectivity index (χ2v) is 6.01. The molecule has 0 fully saturated rings. The standard InChI is InChI=1S/C13H9Cl2N3OS/c14-7-1-2-9-10(3-7)20-12(11(9)15)13(19)17-5-8-4-16-6-18-8/h1-4,6H,5H2,(H,16,18)(H,17,19). The van der Waals surface area contributed by atoms with E-state index in [4.69, 9.17) is 23.2 Å². The van der Waals surface area contributed by atoms with E-state index in [0.717, 1.165) is 15.8 Å². The molecule has 3 rings (SSSR count). The van der Waals surface area contributed by atoms with Gasteiger partial charge < -0.3 is 10.3 Å². The molecule has 1 aromatic carbocycles. The van der Waals surface area contributed by atoms with Crippen LogP contribution in [0.1, 0.15) is 15.4 Å². The van der Waals surface area contributed by atoms with Crippen LogP contribution in [0.25, 0.3) is 10.1 Å². The highest BCUT2D eigenvalue weighted by Gasteiger charge is 2.17. The van der Waals surface area contributed by atoms with Crippen LogP contribution in [0.15, 0.2) is 30.7 Å². The van der Waals surface area contributed by atoms with Gasteiger partial charge in [0.25, 0.3) is 5.91 Å². The molecule has 4 nitrogen and oxygen atoms in total. The molecule has 102 valence electrons. The Morgan fingerprint density at radius 2 is 2.25 bits per heavy atom. The van der Waals surface area contributed by atoms with E-state index in [-0.39, 0.29) is 5.91 Å². The number of rotatable bonds is 3. The third-order valence-corrected chi connectivity index (χ3v) is 4.68. The molecular formula is C13H9Cl2N3OS. The number of halogens is 2. The Kier molecular flexibility index (Phi) is 3.65. The van der Waals surface area contributed by atoms with Crippen molar-refractivity contribution in [1.82, 2.24) is 15.3 Å². The van der Waals surface area contributed by atoms with Crippen molar-refractivity contribution in [3.05, 3.63) is 51.3 Å². The maximum absolute atomic E-state index is 12.2. The predicted octanol–water partition coefficient (Wildman–Crippen LogP) is 3.86. The Bertz CT molecular complexity index is 767. The highest BCUT2D eigenvalue weighted by Crippen LogP contribution is 2.36. The normalized spacial score (nSPS) is 10.9. The third-order valence-electron chi connectivity index (χ3n) is 2.79. The fourth-order valence-corrected chi connectivity index (χ4v) is 3.53. The first kappa shape index (κ1) is 13.4. The van der Waals surface area contributed by atoms with Crippen LogP contribution >= 0.6 is 34.5 Å². The van der Waals surface area contributed by atoms with Gasteiger partial charge in [-0.3, -0.25) is 4.79 Å². The van der Waals surface area contributed by atoms with Crippen molar-refractivity contribution in [3.8, 4) is 0 Å². The molecule has 2 aromatic heterocycles. The number of hydrogen-bond donors (Lipinski definition) is 2. The molecular weight excluding hydrogens is 317 g/mol. The van der Waals surface area contributed by atoms with E-state index in [1.54, 1.807) is 24.7 Å². The van der Waals surface area contributed by atoms with Crippen LogP contribution in [0, 0.1) is 0 Å². The second kappa shape index (κ2) is 5.44. The summed E-state index contributed by atoms with van der Waals surface area (Å²) in [5.74, 6) is -0.207. The van der Waals surface area contributed by atoms with Gasteiger partial charge in [0.2, 0.25) is 0 Å². The second-order valence-electron chi connectivity index (χ2n) is 4.15. The summed E-state index contributed by atoms with van der Waals surface area (Å²) in [6.45, 7) is 0.379. The van der Waals surface area contributed by atoms with E-state index in [1.165, 1.54) is 11.3 Å². The van der Waals surface area contributed by atoms with E-state index in [1.807, 2.05) is 6.07 Å². The Morgan fingerprint density at radius 3 is 3.00 bits per heavy atom. The first-order chi connectivity index (χ1) is 9.65. The number of aromatic nitrogens is 2. The molecule has 0 bridgehead atoms. The van der Waals surface area contributed by atoms with Gasteiger partial charge in [0.15, 0.2) is 0 Å². The summed E-state index contributed by atoms with van der Waals surface area (Å²) in [6.07, 6.45) is 3.22. The minimum absolute atomic E-state index is 0.207. The van der Waals surface area contributed by atoms with Gasteiger partial charge in [-0.2, -0.15) is 0 Å². The van der Waals surface area contributed by atoms with Crippen molar-refractivity contribution >= 4 is 50.5 Å². The molecule has 7 heteroatoms. The van der Waals surface area contributed by atoms with Crippen molar-refractivity contribution in [1.29, 1.82) is 0 Å². The average Bonchev–Trinajstić information content (AvgIpc) is 3.04. The Balaban J connectivity index is 1.85. The quantitative estimate of drug-likeness (QED) is 0.768. The van der Waals surface area contributed by atoms with Crippen LogP contribution in [0.3, 0.4) is 0 Å². The van der Waals surface area contributed by atoms with Crippen LogP contribution < -0.4 is 5.32 Å². The number of carbonyl (C=O) groups is 1. The lowest BCUT2D eigenvalue weighted by Gasteiger charge is -2.01. The molecule has 20 heavy (non-hydrogen) atoms. The molecule has 1 amide bonds. The zero-order valence-electron chi connectivity index (χ0n) is 10.1. The maximum atomic E-state index is 12.2. The number of amides is 1. The minimum Gasteiger partial charge on any atom is -0.347 e. The lowest BCUT2D eigenvalue weighted by atomic mass is 10.2. The van der Waals surface area contributed by atoms with Crippen LogP contribution in [0.4, 0.5) is 0 Å². The smallest absolute Gasteiger partial charge is 0.263 e. The monoisotopic (exact) mass is 325 g/mol. The number of carbonyl (C=O) groups excluding carboxylic acids is 1. The van der Waals surface area contributed by atoms with Gasteiger partial charge in [0.05, 0.1) is 23.6 Å². The topological polar surface area (TPSA) is 57.8 Å². The van der Waals surface area contributed by atoms with Gasteiger partial charge in [-0.25, -0.2) is 4.98 Å². The number of imidazole rings is 1. The largest absolute Gasteiger partial charge is 0.347 e. The van der Waals surface area contributed by atoms with Gasteiger partial charge >= 0.3 is 0 Å². The van der Waals surface area contributed by atoms with E-state index in [2.05, 4.69) is 15.3 Å². The van der Waals surface area contributed by atoms with Crippen molar-refractivity contribution in [2.45, 2.75) is 6.54 Å². The summed E-state index contributed by atoms with van der Waals surface area (Å²) < 4.78 is 0.897. The zero-order chi connectivity index (χ0) is 14.1. The van der Waals surface area contributed by atoms with Crippen LogP contribution in [-0.4, -0.2) is 15.9 Å². The first-order valence-electron chi connectivity index (χ1n) is 5.78. The molecule has 0 aliphatic rings. The molecule has 3 aromatic rings. The van der Waals surface area contributed by atoms with E-state index >= 15 is 0 Å². The number of fused-ring (bicyclic) bond motifs is 1. The zero-order valence-corrected chi connectivity index (χ0v) is 12.4. The molecule has 0 radical (unpaired) electrons. The summed E-state index contributed by atoms with van der Waals surface area (Å²) in [7, 11) is 0. The molecule has 2 heterocycles. The fourth-order valence-electron chi connectivity index (χ4n) is 1.82. The van der Waals surface area contributed by atoms with E-state index in [0.29, 0.717) is 21.5 Å². The molecule has 2 N–H and O–H groups in total. The maximum Gasteiger partial charge on any atom is 0.263 e. The summed E-state index contributed by atoms with van der Waals surface area (Å²) in [5, 5.41) is 4.73. The third kappa shape index (κ3) is 2.52. The Labute approximate surface area is 128 Å². The van der Waals surface area contributed by atoms with Gasteiger partial charge in [-0.15, -0.1) is 11.3 Å². The van der Waals surface area contributed by atoms with Crippen molar-refractivity contribution in [3.63, 3.8) is 0 Å². The number of thiophene rings is 1. The van der Waals surface area contributed by atoms with E-state index < -0.39 is 0 Å². The number of aromatic amines is 1. The van der Waals surface area contributed by atoms with Crippen molar-refractivity contribution in [2.75, 3.05) is 0 Å². The average molecular weight is 326 g/mol. The summed E-state index contributed by atoms with van der Waals surface area (Å²) in [6, 6.07) is 5.38. The summed E-state index contributed by atoms with van der Waals surface area (Å²) >= 11 is 13.5. The van der Waals surface area contributed by atoms with Crippen molar-refractivity contribution < 1.29 is 4.79 Å². The number of H-pyrrole nitrogens is 1. The van der Waals surface area contributed by atoms with Crippen molar-refractivity contribution in [2.24, 2.45) is 0 Å². The summed E-state index contributed by atoms with van der Waals surface area (Å²) in [4.78, 5) is 19.5. The highest BCUT2D eigenvalue weighted by atomic mass is 35.5. The SMILES string of the molecule is O=C(NCc1cnc[nH]1)c1sc2cc(Cl)ccc2c1Cl. The number of nitrogens with one attached hydrogen (secondary N) is 2. The van der Waals surface area contributed by atoms with Crippen LogP contribution in [-0.2, 0) is 6.54 Å². The predicted molar refractivity (Wildman–Crippen MR) is 81.6 cm³/mol. The highest BCUT2D eigenvalue weighted by molar-refractivity contribution is 7.21. The van der Waals surface area contributed by atoms with Gasteiger partial charge in [-0.05, 0) is 12.1 Å². The van der Waals surface area contributed by atoms with Crippen LogP contribution in [0.2, 0.25) is 10.0 Å². The molecule has 0 aliphatic carbocycles. The van der Waals surface area contributed by atoms with Gasteiger partial charge in [0, 0.05) is 21.3 Å².